The normalized spacial score (nSPS) is 21.5. The molecule has 7 nitrogen and oxygen atoms in total. The second-order valence-corrected chi connectivity index (χ2v) is 10.0. The highest BCUT2D eigenvalue weighted by Crippen LogP contribution is 2.53. The molecule has 0 saturated carbocycles. The number of ether oxygens (including phenoxy) is 2. The molecule has 0 spiro atoms. The third-order valence-electron chi connectivity index (χ3n) is 7.45. The van der Waals surface area contributed by atoms with Crippen LogP contribution in [0.4, 0.5) is 19.0 Å². The molecule has 0 unspecified atom stereocenters. The van der Waals surface area contributed by atoms with Crippen LogP contribution in [-0.2, 0) is 19.3 Å². The second-order valence-electron chi connectivity index (χ2n) is 9.62. The summed E-state index contributed by atoms with van der Waals surface area (Å²) >= 11 is 5.66. The molecule has 1 aromatic heterocycles. The van der Waals surface area contributed by atoms with Gasteiger partial charge in [0.15, 0.2) is 0 Å². The lowest BCUT2D eigenvalue weighted by Gasteiger charge is -2.27. The first-order valence-electron chi connectivity index (χ1n) is 11.8. The van der Waals surface area contributed by atoms with Crippen molar-refractivity contribution >= 4 is 17.4 Å². The summed E-state index contributed by atoms with van der Waals surface area (Å²) in [5, 5.41) is 9.14. The molecule has 3 aliphatic heterocycles. The van der Waals surface area contributed by atoms with Crippen molar-refractivity contribution < 1.29 is 22.6 Å². The maximum absolute atomic E-state index is 13.2. The summed E-state index contributed by atoms with van der Waals surface area (Å²) in [6, 6.07) is 12.0. The number of nitriles is 1. The van der Waals surface area contributed by atoms with E-state index >= 15 is 0 Å². The molecule has 0 amide bonds. The Morgan fingerprint density at radius 1 is 1.16 bits per heavy atom. The molecule has 4 heterocycles. The molecule has 6 rings (SSSR count). The number of fused-ring (bicyclic) bond motifs is 1. The fourth-order valence-electron chi connectivity index (χ4n) is 5.79. The van der Waals surface area contributed by atoms with Gasteiger partial charge in [0.2, 0.25) is 5.88 Å². The standard InChI is InChI=1S/C26H20ClF3N4O3/c27-20-3-2-18(10-19(20)26(28,29)30)37-21-4-1-15(9-16(21)12-31)13-36-22-11-23-33(24(35)32-22)14-25-7-5-17(6-8-25)34(23)25/h1-4,9-11,17H,5-8,13-14H2. The molecule has 2 fully saturated rings. The van der Waals surface area contributed by atoms with E-state index in [-0.39, 0.29) is 40.8 Å². The van der Waals surface area contributed by atoms with Crippen LogP contribution in [0.25, 0.3) is 0 Å². The molecule has 3 aromatic rings. The summed E-state index contributed by atoms with van der Waals surface area (Å²) in [5.41, 5.74) is -0.622. The summed E-state index contributed by atoms with van der Waals surface area (Å²) < 4.78 is 52.6. The first kappa shape index (κ1) is 23.7. The molecular formula is C26H20ClF3N4O3. The topological polar surface area (TPSA) is 80.4 Å². The van der Waals surface area contributed by atoms with E-state index < -0.39 is 16.8 Å². The van der Waals surface area contributed by atoms with Gasteiger partial charge in [0.05, 0.1) is 28.2 Å². The minimum Gasteiger partial charge on any atom is -0.473 e. The van der Waals surface area contributed by atoms with Gasteiger partial charge in [-0.1, -0.05) is 17.7 Å². The molecule has 2 bridgehead atoms. The van der Waals surface area contributed by atoms with Gasteiger partial charge >= 0.3 is 11.9 Å². The number of benzene rings is 2. The number of rotatable bonds is 5. The number of halogens is 4. The maximum atomic E-state index is 13.2. The van der Waals surface area contributed by atoms with Gasteiger partial charge in [-0.05, 0) is 61.6 Å². The summed E-state index contributed by atoms with van der Waals surface area (Å²) in [6.45, 7) is 0.703. The van der Waals surface area contributed by atoms with Crippen LogP contribution < -0.4 is 20.1 Å². The van der Waals surface area contributed by atoms with Crippen molar-refractivity contribution in [2.24, 2.45) is 0 Å². The van der Waals surface area contributed by atoms with Crippen molar-refractivity contribution in [3.63, 3.8) is 0 Å². The Bertz CT molecular complexity index is 1510. The molecule has 2 aromatic carbocycles. The van der Waals surface area contributed by atoms with Crippen LogP contribution in [0.1, 0.15) is 42.4 Å². The Morgan fingerprint density at radius 3 is 2.68 bits per heavy atom. The Kier molecular flexibility index (Phi) is 5.38. The molecule has 0 N–H and O–H groups in total. The van der Waals surface area contributed by atoms with Crippen LogP contribution in [-0.4, -0.2) is 21.1 Å². The van der Waals surface area contributed by atoms with Gasteiger partial charge in [-0.25, -0.2) is 4.79 Å². The molecule has 190 valence electrons. The SMILES string of the molecule is N#Cc1cc(COc2cc3n(c(=O)n2)CC24CCC(CC2)N34)ccc1Oc1ccc(Cl)c(C(F)(F)F)c1. The van der Waals surface area contributed by atoms with Crippen molar-refractivity contribution in [3.05, 3.63) is 74.7 Å². The van der Waals surface area contributed by atoms with Crippen LogP contribution in [0.2, 0.25) is 5.02 Å². The van der Waals surface area contributed by atoms with E-state index in [1.807, 2.05) is 6.07 Å². The Labute approximate surface area is 214 Å². The van der Waals surface area contributed by atoms with Crippen molar-refractivity contribution in [1.29, 1.82) is 5.26 Å². The zero-order valence-electron chi connectivity index (χ0n) is 19.4. The van der Waals surface area contributed by atoms with Crippen molar-refractivity contribution in [3.8, 4) is 23.4 Å². The minimum atomic E-state index is -4.64. The average molecular weight is 529 g/mol. The molecular weight excluding hydrogens is 509 g/mol. The molecule has 0 atom stereocenters. The molecule has 37 heavy (non-hydrogen) atoms. The van der Waals surface area contributed by atoms with Gasteiger partial charge in [-0.15, -0.1) is 0 Å². The third-order valence-corrected chi connectivity index (χ3v) is 7.78. The number of hydrogen-bond donors (Lipinski definition) is 0. The van der Waals surface area contributed by atoms with Crippen molar-refractivity contribution in [2.75, 3.05) is 4.90 Å². The first-order valence-corrected chi connectivity index (χ1v) is 12.2. The van der Waals surface area contributed by atoms with Gasteiger partial charge in [0.1, 0.15) is 30.0 Å². The van der Waals surface area contributed by atoms with E-state index in [0.717, 1.165) is 43.6 Å². The highest BCUT2D eigenvalue weighted by molar-refractivity contribution is 6.31. The second kappa shape index (κ2) is 8.42. The molecule has 2 saturated heterocycles. The predicted octanol–water partition coefficient (Wildman–Crippen LogP) is 5.67. The monoisotopic (exact) mass is 528 g/mol. The van der Waals surface area contributed by atoms with E-state index in [2.05, 4.69) is 9.88 Å². The van der Waals surface area contributed by atoms with Crippen molar-refractivity contribution in [1.82, 2.24) is 9.55 Å². The molecule has 0 radical (unpaired) electrons. The highest BCUT2D eigenvalue weighted by atomic mass is 35.5. The zero-order chi connectivity index (χ0) is 25.9. The van der Waals surface area contributed by atoms with E-state index in [0.29, 0.717) is 18.2 Å². The fourth-order valence-corrected chi connectivity index (χ4v) is 6.02. The predicted molar refractivity (Wildman–Crippen MR) is 128 cm³/mol. The third kappa shape index (κ3) is 3.98. The largest absolute Gasteiger partial charge is 0.473 e. The molecule has 11 heteroatoms. The van der Waals surface area contributed by atoms with Gasteiger partial charge in [0, 0.05) is 12.1 Å². The van der Waals surface area contributed by atoms with Crippen molar-refractivity contribution in [2.45, 2.75) is 56.6 Å². The zero-order valence-corrected chi connectivity index (χ0v) is 20.1. The quantitative estimate of drug-likeness (QED) is 0.424. The van der Waals surface area contributed by atoms with Crippen LogP contribution in [0.15, 0.2) is 47.3 Å². The Hall–Kier alpha value is -3.71. The van der Waals surface area contributed by atoms with E-state index in [4.69, 9.17) is 21.1 Å². The number of aromatic nitrogens is 2. The van der Waals surface area contributed by atoms with E-state index in [1.54, 1.807) is 16.7 Å². The van der Waals surface area contributed by atoms with Gasteiger partial charge in [0.25, 0.3) is 0 Å². The fraction of sp³-hybridized carbons (Fsp3) is 0.346. The van der Waals surface area contributed by atoms with Gasteiger partial charge in [-0.3, -0.25) is 4.57 Å². The lowest BCUT2D eigenvalue weighted by molar-refractivity contribution is -0.137. The van der Waals surface area contributed by atoms with Crippen LogP contribution in [0.5, 0.6) is 17.4 Å². The van der Waals surface area contributed by atoms with Gasteiger partial charge in [-0.2, -0.15) is 23.4 Å². The summed E-state index contributed by atoms with van der Waals surface area (Å²) in [6.07, 6.45) is -0.225. The summed E-state index contributed by atoms with van der Waals surface area (Å²) in [4.78, 5) is 19.1. The van der Waals surface area contributed by atoms with Crippen LogP contribution in [0, 0.1) is 11.3 Å². The Morgan fingerprint density at radius 2 is 1.95 bits per heavy atom. The highest BCUT2D eigenvalue weighted by Gasteiger charge is 2.56. The first-order chi connectivity index (χ1) is 17.7. The van der Waals surface area contributed by atoms with Crippen LogP contribution in [0.3, 0.4) is 0 Å². The van der Waals surface area contributed by atoms with E-state index in [9.17, 15) is 23.2 Å². The average Bonchev–Trinajstić information content (AvgIpc) is 3.50. The number of hydrogen-bond acceptors (Lipinski definition) is 6. The van der Waals surface area contributed by atoms with Crippen LogP contribution >= 0.6 is 11.6 Å². The van der Waals surface area contributed by atoms with Gasteiger partial charge < -0.3 is 14.4 Å². The lowest BCUT2D eigenvalue weighted by atomic mass is 9.88. The van der Waals surface area contributed by atoms with E-state index in [1.165, 1.54) is 18.2 Å². The Balaban J connectivity index is 1.20. The lowest BCUT2D eigenvalue weighted by Crippen LogP contribution is -2.38. The summed E-state index contributed by atoms with van der Waals surface area (Å²) in [5.74, 6) is 1.04. The number of nitrogens with zero attached hydrogens (tertiary/aromatic N) is 4. The maximum Gasteiger partial charge on any atom is 0.417 e. The smallest absolute Gasteiger partial charge is 0.417 e. The number of anilines is 1. The minimum absolute atomic E-state index is 0.0274. The summed E-state index contributed by atoms with van der Waals surface area (Å²) in [7, 11) is 0. The number of alkyl halides is 3. The molecule has 3 aliphatic rings. The molecule has 0 aliphatic carbocycles.